The lowest BCUT2D eigenvalue weighted by atomic mass is 10.2. The van der Waals surface area contributed by atoms with Crippen molar-refractivity contribution < 1.29 is 14.4 Å². The summed E-state index contributed by atoms with van der Waals surface area (Å²) in [7, 11) is 0. The van der Waals surface area contributed by atoms with Crippen molar-refractivity contribution in [2.24, 2.45) is 0 Å². The summed E-state index contributed by atoms with van der Waals surface area (Å²) < 4.78 is 4.81. The number of carbonyl (C=O) groups is 1. The molecule has 14 heavy (non-hydrogen) atoms. The molecule has 0 radical (unpaired) electrons. The molecule has 72 valence electrons. The van der Waals surface area contributed by atoms with Gasteiger partial charge in [-0.3, -0.25) is 5.10 Å². The number of aryl methyl sites for hydroxylation is 1. The molecule has 2 aromatic rings. The minimum absolute atomic E-state index is 0.0106. The van der Waals surface area contributed by atoms with E-state index in [1.807, 2.05) is 6.92 Å². The Morgan fingerprint density at radius 3 is 3.00 bits per heavy atom. The number of nitrogens with zero attached hydrogens (tertiary/aromatic N) is 2. The number of carboxylic acid groups (broad SMARTS) is 1. The third-order valence-electron chi connectivity index (χ3n) is 1.74. The van der Waals surface area contributed by atoms with Crippen molar-refractivity contribution >= 4 is 5.97 Å². The molecule has 0 atom stereocenters. The Morgan fingerprint density at radius 1 is 1.64 bits per heavy atom. The molecule has 0 unspecified atom stereocenters. The first-order chi connectivity index (χ1) is 6.68. The highest BCUT2D eigenvalue weighted by molar-refractivity contribution is 5.93. The van der Waals surface area contributed by atoms with Crippen LogP contribution in [-0.4, -0.2) is 26.4 Å². The van der Waals surface area contributed by atoms with E-state index in [9.17, 15) is 4.79 Å². The molecule has 0 saturated heterocycles. The van der Waals surface area contributed by atoms with Crippen molar-refractivity contribution in [1.82, 2.24) is 15.4 Å². The molecule has 0 aliphatic rings. The topological polar surface area (TPSA) is 92.0 Å². The Balaban J connectivity index is 2.51. The second-order valence-corrected chi connectivity index (χ2v) is 2.81. The van der Waals surface area contributed by atoms with E-state index in [-0.39, 0.29) is 11.3 Å². The van der Waals surface area contributed by atoms with Gasteiger partial charge in [0.2, 0.25) is 5.76 Å². The van der Waals surface area contributed by atoms with Gasteiger partial charge in [0.15, 0.2) is 0 Å². The Bertz CT molecular complexity index is 472. The highest BCUT2D eigenvalue weighted by Gasteiger charge is 2.18. The largest absolute Gasteiger partial charge is 0.477 e. The van der Waals surface area contributed by atoms with Gasteiger partial charge in [-0.25, -0.2) is 4.79 Å². The van der Waals surface area contributed by atoms with Crippen LogP contribution in [0.5, 0.6) is 0 Å². The average molecular weight is 193 g/mol. The van der Waals surface area contributed by atoms with Crippen LogP contribution in [0.25, 0.3) is 11.5 Å². The number of hydrogen-bond acceptors (Lipinski definition) is 4. The van der Waals surface area contributed by atoms with Crippen molar-refractivity contribution in [2.75, 3.05) is 0 Å². The maximum absolute atomic E-state index is 10.7. The van der Waals surface area contributed by atoms with E-state index in [1.54, 1.807) is 6.07 Å². The zero-order chi connectivity index (χ0) is 10.1. The summed E-state index contributed by atoms with van der Waals surface area (Å²) in [5, 5.41) is 18.8. The zero-order valence-electron chi connectivity index (χ0n) is 7.31. The molecule has 2 heterocycles. The molecule has 0 aliphatic carbocycles. The van der Waals surface area contributed by atoms with Gasteiger partial charge in [-0.05, 0) is 13.0 Å². The summed E-state index contributed by atoms with van der Waals surface area (Å²) in [6, 6.07) is 1.69. The molecule has 2 rings (SSSR count). The highest BCUT2D eigenvalue weighted by atomic mass is 16.5. The van der Waals surface area contributed by atoms with Crippen LogP contribution in [0.2, 0.25) is 0 Å². The Kier molecular flexibility index (Phi) is 1.81. The van der Waals surface area contributed by atoms with Crippen LogP contribution >= 0.6 is 0 Å². The van der Waals surface area contributed by atoms with Crippen LogP contribution in [0.4, 0.5) is 0 Å². The monoisotopic (exact) mass is 193 g/mol. The molecule has 2 aromatic heterocycles. The predicted molar refractivity (Wildman–Crippen MR) is 45.8 cm³/mol. The summed E-state index contributed by atoms with van der Waals surface area (Å²) in [4.78, 5) is 10.7. The summed E-state index contributed by atoms with van der Waals surface area (Å²) in [6.45, 7) is 1.81. The van der Waals surface area contributed by atoms with Crippen molar-refractivity contribution in [1.29, 1.82) is 0 Å². The molecule has 0 amide bonds. The number of carboxylic acids is 1. The molecular formula is C8H7N3O3. The van der Waals surface area contributed by atoms with Gasteiger partial charge in [0.1, 0.15) is 11.3 Å². The molecule has 6 nitrogen and oxygen atoms in total. The fourth-order valence-electron chi connectivity index (χ4n) is 1.11. The lowest BCUT2D eigenvalue weighted by molar-refractivity contribution is 0.0697. The standard InChI is InChI=1S/C8H7N3O3/c1-4-2-6(11-10-4)7-5(8(12)13)3-9-14-7/h2-3H,1H3,(H,10,11)(H,12,13). The Morgan fingerprint density at radius 2 is 2.43 bits per heavy atom. The number of H-pyrrole nitrogens is 1. The average Bonchev–Trinajstić information content (AvgIpc) is 2.70. The van der Waals surface area contributed by atoms with E-state index in [1.165, 1.54) is 0 Å². The fourth-order valence-corrected chi connectivity index (χ4v) is 1.11. The lowest BCUT2D eigenvalue weighted by Gasteiger charge is -1.89. The number of rotatable bonds is 2. The quantitative estimate of drug-likeness (QED) is 0.744. The van der Waals surface area contributed by atoms with Gasteiger partial charge in [-0.15, -0.1) is 0 Å². The lowest BCUT2D eigenvalue weighted by Crippen LogP contribution is -1.95. The van der Waals surface area contributed by atoms with Crippen molar-refractivity contribution in [3.63, 3.8) is 0 Å². The minimum atomic E-state index is -1.08. The summed E-state index contributed by atoms with van der Waals surface area (Å²) >= 11 is 0. The Labute approximate surface area is 78.5 Å². The van der Waals surface area contributed by atoms with Crippen molar-refractivity contribution in [3.8, 4) is 11.5 Å². The molecule has 6 heteroatoms. The van der Waals surface area contributed by atoms with Gasteiger partial charge >= 0.3 is 5.97 Å². The van der Waals surface area contributed by atoms with E-state index in [2.05, 4.69) is 15.4 Å². The first-order valence-electron chi connectivity index (χ1n) is 3.89. The van der Waals surface area contributed by atoms with E-state index in [0.717, 1.165) is 11.9 Å². The summed E-state index contributed by atoms with van der Waals surface area (Å²) in [5.41, 5.74) is 1.28. The van der Waals surface area contributed by atoms with Gasteiger partial charge < -0.3 is 9.63 Å². The summed E-state index contributed by atoms with van der Waals surface area (Å²) in [6.07, 6.45) is 1.15. The molecule has 0 aromatic carbocycles. The van der Waals surface area contributed by atoms with E-state index in [4.69, 9.17) is 9.63 Å². The number of aromatic nitrogens is 3. The van der Waals surface area contributed by atoms with E-state index in [0.29, 0.717) is 5.69 Å². The Hall–Kier alpha value is -2.11. The maximum Gasteiger partial charge on any atom is 0.341 e. The fraction of sp³-hybridized carbons (Fsp3) is 0.125. The van der Waals surface area contributed by atoms with Crippen molar-refractivity contribution in [2.45, 2.75) is 6.92 Å². The number of aromatic amines is 1. The molecule has 2 N–H and O–H groups in total. The van der Waals surface area contributed by atoms with E-state index < -0.39 is 5.97 Å². The molecule has 0 spiro atoms. The molecule has 0 aliphatic heterocycles. The van der Waals surface area contributed by atoms with E-state index >= 15 is 0 Å². The number of hydrogen-bond donors (Lipinski definition) is 2. The zero-order valence-corrected chi connectivity index (χ0v) is 7.31. The molecular weight excluding hydrogens is 186 g/mol. The van der Waals surface area contributed by atoms with Gasteiger partial charge in [-0.1, -0.05) is 5.16 Å². The third kappa shape index (κ3) is 1.26. The number of aromatic carboxylic acids is 1. The summed E-state index contributed by atoms with van der Waals surface area (Å²) in [5.74, 6) is -0.913. The van der Waals surface area contributed by atoms with Crippen molar-refractivity contribution in [3.05, 3.63) is 23.5 Å². The SMILES string of the molecule is Cc1cc(-c2oncc2C(=O)O)n[nH]1. The van der Waals surface area contributed by atoms with Crippen LogP contribution in [-0.2, 0) is 0 Å². The first-order valence-corrected chi connectivity index (χ1v) is 3.89. The molecule has 0 bridgehead atoms. The van der Waals surface area contributed by atoms with Gasteiger partial charge in [0.25, 0.3) is 0 Å². The maximum atomic E-state index is 10.7. The van der Waals surface area contributed by atoms with Crippen LogP contribution < -0.4 is 0 Å². The third-order valence-corrected chi connectivity index (χ3v) is 1.74. The molecule has 0 saturated carbocycles. The number of nitrogens with one attached hydrogen (secondary N) is 1. The van der Waals surface area contributed by atoms with Crippen LogP contribution in [0.3, 0.4) is 0 Å². The minimum Gasteiger partial charge on any atom is -0.477 e. The van der Waals surface area contributed by atoms with Crippen LogP contribution in [0, 0.1) is 6.92 Å². The highest BCUT2D eigenvalue weighted by Crippen LogP contribution is 2.21. The van der Waals surface area contributed by atoms with Gasteiger partial charge in [-0.2, -0.15) is 5.10 Å². The second-order valence-electron chi connectivity index (χ2n) is 2.81. The van der Waals surface area contributed by atoms with Gasteiger partial charge in [0, 0.05) is 5.69 Å². The first kappa shape index (κ1) is 8.49. The predicted octanol–water partition coefficient (Wildman–Crippen LogP) is 1.07. The van der Waals surface area contributed by atoms with Crippen LogP contribution in [0.1, 0.15) is 16.1 Å². The smallest absolute Gasteiger partial charge is 0.341 e. The molecule has 0 fully saturated rings. The second kappa shape index (κ2) is 2.99. The normalized spacial score (nSPS) is 10.4. The van der Waals surface area contributed by atoms with Crippen LogP contribution in [0.15, 0.2) is 16.8 Å². The van der Waals surface area contributed by atoms with Gasteiger partial charge in [0.05, 0.1) is 6.20 Å².